The van der Waals surface area contributed by atoms with Crippen molar-refractivity contribution >= 4 is 17.6 Å². The highest BCUT2D eigenvalue weighted by atomic mass is 16.5. The second-order valence-electron chi connectivity index (χ2n) is 9.68. The van der Waals surface area contributed by atoms with Gasteiger partial charge in [-0.15, -0.1) is 0 Å². The van der Waals surface area contributed by atoms with E-state index in [2.05, 4.69) is 10.2 Å². The lowest BCUT2D eigenvalue weighted by molar-refractivity contribution is -0.121. The van der Waals surface area contributed by atoms with E-state index in [0.29, 0.717) is 25.1 Å². The zero-order valence-corrected chi connectivity index (χ0v) is 20.7. The molecule has 1 aliphatic heterocycles. The molecule has 1 heterocycles. The van der Waals surface area contributed by atoms with Crippen LogP contribution in [-0.4, -0.2) is 58.6 Å². The van der Waals surface area contributed by atoms with Crippen LogP contribution in [0.5, 0.6) is 5.75 Å². The molecule has 1 saturated heterocycles. The number of para-hydroxylation sites is 1. The predicted molar refractivity (Wildman–Crippen MR) is 134 cm³/mol. The van der Waals surface area contributed by atoms with Crippen LogP contribution in [0.3, 0.4) is 0 Å². The topological polar surface area (TPSA) is 119 Å². The van der Waals surface area contributed by atoms with E-state index < -0.39 is 23.7 Å². The number of carbonyl (C=O) groups is 2. The number of nitrogens with zero attached hydrogens (tertiary/aromatic N) is 1. The van der Waals surface area contributed by atoms with Crippen LogP contribution in [0.15, 0.2) is 42.5 Å². The molecule has 2 aromatic carbocycles. The molecular formula is C27H36N2O6. The predicted octanol–water partition coefficient (Wildman–Crippen LogP) is 3.31. The molecule has 35 heavy (non-hydrogen) atoms. The quantitative estimate of drug-likeness (QED) is 0.408. The Morgan fingerprint density at radius 2 is 1.97 bits per heavy atom. The first kappa shape index (κ1) is 26.5. The maximum atomic E-state index is 13.1. The fourth-order valence-electron chi connectivity index (χ4n) is 4.54. The number of aliphatic hydroxyl groups is 2. The molecule has 0 bridgehead atoms. The molecule has 0 spiro atoms. The first-order valence-corrected chi connectivity index (χ1v) is 12.1. The van der Waals surface area contributed by atoms with Crippen molar-refractivity contribution in [2.24, 2.45) is 0 Å². The summed E-state index contributed by atoms with van der Waals surface area (Å²) in [4.78, 5) is 26.7. The van der Waals surface area contributed by atoms with Gasteiger partial charge in [0, 0.05) is 25.2 Å². The summed E-state index contributed by atoms with van der Waals surface area (Å²) in [6.07, 6.45) is 1.59. The SMILES string of the molecule is CCOc1cc(CC(=O)NC(CC(C)(C)O)c2ccccc2N2CCCC(O)C2)ccc1C(=O)O. The van der Waals surface area contributed by atoms with Crippen LogP contribution in [0.2, 0.25) is 0 Å². The van der Waals surface area contributed by atoms with Crippen LogP contribution < -0.4 is 15.0 Å². The number of rotatable bonds is 10. The summed E-state index contributed by atoms with van der Waals surface area (Å²) in [6, 6.07) is 11.9. The fourth-order valence-corrected chi connectivity index (χ4v) is 4.54. The van der Waals surface area contributed by atoms with Crippen molar-refractivity contribution in [1.29, 1.82) is 0 Å². The van der Waals surface area contributed by atoms with Gasteiger partial charge in [0.15, 0.2) is 0 Å². The first-order valence-electron chi connectivity index (χ1n) is 12.1. The monoisotopic (exact) mass is 484 g/mol. The van der Waals surface area contributed by atoms with Crippen molar-refractivity contribution in [3.8, 4) is 5.75 Å². The minimum atomic E-state index is -1.09. The fraction of sp³-hybridized carbons (Fsp3) is 0.481. The van der Waals surface area contributed by atoms with Crippen molar-refractivity contribution in [1.82, 2.24) is 5.32 Å². The molecule has 2 atom stereocenters. The number of ether oxygens (including phenoxy) is 1. The highest BCUT2D eigenvalue weighted by molar-refractivity contribution is 5.91. The highest BCUT2D eigenvalue weighted by Gasteiger charge is 2.28. The molecule has 1 amide bonds. The number of carbonyl (C=O) groups excluding carboxylic acids is 1. The largest absolute Gasteiger partial charge is 0.493 e. The van der Waals surface area contributed by atoms with Gasteiger partial charge < -0.3 is 30.3 Å². The van der Waals surface area contributed by atoms with Gasteiger partial charge in [0.1, 0.15) is 11.3 Å². The van der Waals surface area contributed by atoms with Gasteiger partial charge in [-0.05, 0) is 62.9 Å². The number of piperidine rings is 1. The zero-order chi connectivity index (χ0) is 25.6. The van der Waals surface area contributed by atoms with E-state index in [-0.39, 0.29) is 23.6 Å². The van der Waals surface area contributed by atoms with E-state index in [9.17, 15) is 24.9 Å². The van der Waals surface area contributed by atoms with Crippen molar-refractivity contribution < 1.29 is 29.6 Å². The number of anilines is 1. The Labute approximate surface area is 206 Å². The van der Waals surface area contributed by atoms with Gasteiger partial charge in [-0.2, -0.15) is 0 Å². The summed E-state index contributed by atoms with van der Waals surface area (Å²) < 4.78 is 5.46. The Bertz CT molecular complexity index is 1030. The third kappa shape index (κ3) is 7.44. The number of aromatic carboxylic acids is 1. The number of β-amino-alcohol motifs (C(OH)–C–C–N with tert-alkyl or cyclic N) is 1. The van der Waals surface area contributed by atoms with E-state index in [0.717, 1.165) is 30.6 Å². The minimum absolute atomic E-state index is 0.0346. The van der Waals surface area contributed by atoms with Crippen LogP contribution in [-0.2, 0) is 11.2 Å². The molecule has 0 aliphatic carbocycles. The van der Waals surface area contributed by atoms with Crippen LogP contribution in [0.25, 0.3) is 0 Å². The number of amides is 1. The van der Waals surface area contributed by atoms with Gasteiger partial charge >= 0.3 is 5.97 Å². The third-order valence-corrected chi connectivity index (χ3v) is 6.03. The number of benzene rings is 2. The minimum Gasteiger partial charge on any atom is -0.493 e. The Kier molecular flexibility index (Phi) is 8.75. The molecule has 8 heteroatoms. The van der Waals surface area contributed by atoms with Gasteiger partial charge in [-0.1, -0.05) is 24.3 Å². The normalized spacial score (nSPS) is 17.1. The molecule has 8 nitrogen and oxygen atoms in total. The maximum Gasteiger partial charge on any atom is 0.339 e. The molecular weight excluding hydrogens is 448 g/mol. The Morgan fingerprint density at radius 1 is 1.23 bits per heavy atom. The number of hydrogen-bond donors (Lipinski definition) is 4. The van der Waals surface area contributed by atoms with Gasteiger partial charge in [0.25, 0.3) is 0 Å². The lowest BCUT2D eigenvalue weighted by atomic mass is 9.91. The second kappa shape index (κ2) is 11.6. The smallest absolute Gasteiger partial charge is 0.339 e. The van der Waals surface area contributed by atoms with E-state index in [4.69, 9.17) is 4.74 Å². The van der Waals surface area contributed by atoms with E-state index >= 15 is 0 Å². The number of nitrogens with one attached hydrogen (secondary N) is 1. The Hall–Kier alpha value is -3.10. The standard InChI is InChI=1S/C27H36N2O6/c1-4-35-24-14-18(11-12-21(24)26(32)33)15-25(31)28-22(16-27(2,3)34)20-9-5-6-10-23(20)29-13-7-8-19(30)17-29/h5-6,9-12,14,19,22,30,34H,4,7-8,13,15-17H2,1-3H3,(H,28,31)(H,32,33). The van der Waals surface area contributed by atoms with Gasteiger partial charge in [-0.3, -0.25) is 4.79 Å². The lowest BCUT2D eigenvalue weighted by Gasteiger charge is -2.36. The average molecular weight is 485 g/mol. The van der Waals surface area contributed by atoms with Crippen LogP contribution in [0.4, 0.5) is 5.69 Å². The summed E-state index contributed by atoms with van der Waals surface area (Å²) >= 11 is 0. The zero-order valence-electron chi connectivity index (χ0n) is 20.7. The molecule has 3 rings (SSSR count). The molecule has 2 aromatic rings. The Morgan fingerprint density at radius 3 is 2.63 bits per heavy atom. The van der Waals surface area contributed by atoms with Gasteiger partial charge in [0.2, 0.25) is 5.91 Å². The molecule has 2 unspecified atom stereocenters. The molecule has 4 N–H and O–H groups in total. The lowest BCUT2D eigenvalue weighted by Crippen LogP contribution is -2.40. The molecule has 1 fully saturated rings. The summed E-state index contributed by atoms with van der Waals surface area (Å²) in [5, 5.41) is 33.2. The number of carboxylic acids is 1. The second-order valence-corrected chi connectivity index (χ2v) is 9.68. The van der Waals surface area contributed by atoms with Gasteiger partial charge in [-0.25, -0.2) is 4.79 Å². The Balaban J connectivity index is 1.84. The highest BCUT2D eigenvalue weighted by Crippen LogP contribution is 2.33. The van der Waals surface area contributed by atoms with Crippen LogP contribution >= 0.6 is 0 Å². The summed E-state index contributed by atoms with van der Waals surface area (Å²) in [5.74, 6) is -1.11. The molecule has 0 aromatic heterocycles. The van der Waals surface area contributed by atoms with Gasteiger partial charge in [0.05, 0.1) is 30.8 Å². The van der Waals surface area contributed by atoms with Crippen molar-refractivity contribution in [2.45, 2.75) is 64.2 Å². The third-order valence-electron chi connectivity index (χ3n) is 6.03. The van der Waals surface area contributed by atoms with Crippen LogP contribution in [0.1, 0.15) is 67.6 Å². The summed E-state index contributed by atoms with van der Waals surface area (Å²) in [7, 11) is 0. The van der Waals surface area contributed by atoms with Crippen LogP contribution in [0, 0.1) is 0 Å². The number of aliphatic hydroxyl groups excluding tert-OH is 1. The summed E-state index contributed by atoms with van der Waals surface area (Å²) in [5.41, 5.74) is 1.47. The molecule has 0 radical (unpaired) electrons. The molecule has 0 saturated carbocycles. The van der Waals surface area contributed by atoms with E-state index in [1.54, 1.807) is 32.9 Å². The van der Waals surface area contributed by atoms with Crippen molar-refractivity contribution in [2.75, 3.05) is 24.6 Å². The first-order chi connectivity index (χ1) is 16.6. The number of carboxylic acid groups (broad SMARTS) is 1. The average Bonchev–Trinajstić information content (AvgIpc) is 2.78. The van der Waals surface area contributed by atoms with E-state index in [1.807, 2.05) is 24.3 Å². The van der Waals surface area contributed by atoms with Crippen molar-refractivity contribution in [3.63, 3.8) is 0 Å². The van der Waals surface area contributed by atoms with Crippen molar-refractivity contribution in [3.05, 3.63) is 59.2 Å². The molecule has 1 aliphatic rings. The number of hydrogen-bond acceptors (Lipinski definition) is 6. The maximum absolute atomic E-state index is 13.1. The summed E-state index contributed by atoms with van der Waals surface area (Å²) in [6.45, 7) is 6.83. The van der Waals surface area contributed by atoms with E-state index in [1.165, 1.54) is 6.07 Å². The molecule has 190 valence electrons.